The van der Waals surface area contributed by atoms with Crippen LogP contribution in [0, 0.1) is 7.43 Å². The Kier molecular flexibility index (Phi) is 8.97. The average molecular weight is 617 g/mol. The molecule has 0 bridgehead atoms. The van der Waals surface area contributed by atoms with Gasteiger partial charge in [-0.15, -0.1) is 0 Å². The molecule has 1 nitrogen and oxygen atoms in total. The summed E-state index contributed by atoms with van der Waals surface area (Å²) in [5.74, 6) is 0. The van der Waals surface area contributed by atoms with Gasteiger partial charge in [0.1, 0.15) is 0 Å². The average Bonchev–Trinajstić information content (AvgIpc) is 3.22. The summed E-state index contributed by atoms with van der Waals surface area (Å²) < 4.78 is 9.38. The van der Waals surface area contributed by atoms with Gasteiger partial charge in [-0.3, -0.25) is 0 Å². The standard InChI is InChI=1S/C16H19NS2.6CH3.2Sn/c1-2-3-4-5-6-7-10-17-13-8-11-18-15(13)16-14(17)9-12-19-16;;;;;;;;/h8-9H,2-7,10H2,1H3;6*1H3;;/q;;;;;;+1;;. The van der Waals surface area contributed by atoms with Crippen LogP contribution in [0.15, 0.2) is 12.1 Å². The van der Waals surface area contributed by atoms with Gasteiger partial charge in [0.05, 0.1) is 0 Å². The van der Waals surface area contributed by atoms with Crippen molar-refractivity contribution in [2.75, 3.05) is 0 Å². The van der Waals surface area contributed by atoms with Crippen molar-refractivity contribution in [3.05, 3.63) is 19.6 Å². The van der Waals surface area contributed by atoms with E-state index in [0.717, 1.165) is 0 Å². The Balaban J connectivity index is 0.00000261. The van der Waals surface area contributed by atoms with Gasteiger partial charge in [-0.05, 0) is 0 Å². The van der Waals surface area contributed by atoms with Gasteiger partial charge in [-0.1, -0.05) is 0 Å². The second-order valence-corrected chi connectivity index (χ2v) is 34.6. The Bertz CT molecular complexity index is 864. The molecule has 1 radical (unpaired) electrons. The minimum absolute atomic E-state index is 0. The first-order valence-corrected chi connectivity index (χ1v) is 28.9. The molecule has 5 heteroatoms. The maximum Gasteiger partial charge on any atom is 0.0467 e. The Morgan fingerprint density at radius 1 is 0.889 bits per heavy atom. The van der Waals surface area contributed by atoms with Gasteiger partial charge in [-0.2, -0.15) is 0 Å². The van der Waals surface area contributed by atoms with Crippen molar-refractivity contribution in [2.24, 2.45) is 0 Å². The van der Waals surface area contributed by atoms with Crippen LogP contribution in [0.5, 0.6) is 0 Å². The molecule has 27 heavy (non-hydrogen) atoms. The second kappa shape index (κ2) is 10.1. The van der Waals surface area contributed by atoms with E-state index in [0.29, 0.717) is 0 Å². The number of unbranched alkanes of at least 4 members (excludes halogenated alkanes) is 5. The molecule has 0 spiro atoms. The summed E-state index contributed by atoms with van der Waals surface area (Å²) in [6.07, 6.45) is 8.29. The molecule has 0 fully saturated rings. The zero-order valence-electron chi connectivity index (χ0n) is 18.4. The molecule has 0 aliphatic heterocycles. The topological polar surface area (TPSA) is 4.93 Å². The van der Waals surface area contributed by atoms with Crippen molar-refractivity contribution in [1.29, 1.82) is 0 Å². The SMILES string of the molecule is CCCCCCCCn1c2c[c]([Sn]([CH3])[CH3])sc2c2s[c]([Sn]([CH3])([CH3])[CH3])cc21.[CH3+]. The third-order valence-corrected chi connectivity index (χ3v) is 23.7. The Hall–Kier alpha value is 0.667. The van der Waals surface area contributed by atoms with Crippen LogP contribution < -0.4 is 5.79 Å². The summed E-state index contributed by atoms with van der Waals surface area (Å²) in [6, 6.07) is 5.15. The van der Waals surface area contributed by atoms with E-state index < -0.39 is 38.1 Å². The van der Waals surface area contributed by atoms with Crippen LogP contribution in [-0.4, -0.2) is 42.7 Å². The smallest absolute Gasteiger partial charge is 0.0467 e. The van der Waals surface area contributed by atoms with Crippen molar-refractivity contribution in [3.8, 4) is 0 Å². The molecule has 0 amide bonds. The minimum Gasteiger partial charge on any atom is 0.0467 e. The molecule has 0 unspecified atom stereocenters. The molecule has 3 aromatic heterocycles. The van der Waals surface area contributed by atoms with Gasteiger partial charge in [0, 0.05) is 7.43 Å². The van der Waals surface area contributed by atoms with Gasteiger partial charge in [-0.25, -0.2) is 0 Å². The molecule has 0 saturated heterocycles. The summed E-state index contributed by atoms with van der Waals surface area (Å²) in [7, 11) is 0. The number of fused-ring (bicyclic) bond motifs is 3. The van der Waals surface area contributed by atoms with Gasteiger partial charge in [0.15, 0.2) is 0 Å². The van der Waals surface area contributed by atoms with Gasteiger partial charge in [0.25, 0.3) is 0 Å². The fourth-order valence-electron chi connectivity index (χ4n) is 3.53. The van der Waals surface area contributed by atoms with Crippen LogP contribution in [-0.2, 0) is 6.54 Å². The first kappa shape index (κ1) is 23.9. The first-order chi connectivity index (χ1) is 12.3. The maximum atomic E-state index is 2.69. The quantitative estimate of drug-likeness (QED) is 0.136. The molecule has 0 atom stereocenters. The van der Waals surface area contributed by atoms with E-state index in [-0.39, 0.29) is 7.43 Å². The van der Waals surface area contributed by atoms with Crippen LogP contribution in [0.2, 0.25) is 24.7 Å². The van der Waals surface area contributed by atoms with Crippen LogP contribution in [0.1, 0.15) is 45.4 Å². The molecule has 0 aromatic carbocycles. The van der Waals surface area contributed by atoms with E-state index in [1.54, 1.807) is 26.2 Å². The number of nitrogens with zero attached hydrogens (tertiary/aromatic N) is 1. The molecule has 3 rings (SSSR count). The molecule has 149 valence electrons. The Labute approximate surface area is 186 Å². The van der Waals surface area contributed by atoms with E-state index in [2.05, 4.69) is 71.0 Å². The fraction of sp³-hybridized carbons (Fsp3) is 0.591. The first-order valence-electron chi connectivity index (χ1n) is 10.2. The van der Waals surface area contributed by atoms with Crippen LogP contribution in [0.4, 0.5) is 0 Å². The summed E-state index contributed by atoms with van der Waals surface area (Å²) in [4.78, 5) is 12.7. The Morgan fingerprint density at radius 3 is 2.11 bits per heavy atom. The van der Waals surface area contributed by atoms with Crippen molar-refractivity contribution >= 4 is 87.0 Å². The number of rotatable bonds is 9. The number of aromatic nitrogens is 1. The summed E-state index contributed by atoms with van der Waals surface area (Å²) in [5, 5.41) is 0. The molecule has 0 N–H and O–H groups in total. The summed E-state index contributed by atoms with van der Waals surface area (Å²) in [6.45, 7) is 3.51. The largest absolute Gasteiger partial charge is 0.0467 e. The van der Waals surface area contributed by atoms with E-state index in [1.165, 1.54) is 45.1 Å². The predicted molar refractivity (Wildman–Crippen MR) is 135 cm³/mol. The van der Waals surface area contributed by atoms with E-state index in [4.69, 9.17) is 0 Å². The Morgan fingerprint density at radius 2 is 1.48 bits per heavy atom. The number of hydrogen-bond donors (Lipinski definition) is 0. The van der Waals surface area contributed by atoms with E-state index in [1.807, 2.05) is 0 Å². The molecular weight excluding hydrogens is 580 g/mol. The van der Waals surface area contributed by atoms with Crippen molar-refractivity contribution in [1.82, 2.24) is 4.57 Å². The van der Waals surface area contributed by atoms with Gasteiger partial charge >= 0.3 is 180 Å². The van der Waals surface area contributed by atoms with E-state index >= 15 is 0 Å². The number of thiophene rings is 2. The second-order valence-electron chi connectivity index (χ2n) is 8.82. The third-order valence-electron chi connectivity index (χ3n) is 5.18. The normalized spacial score (nSPS) is 12.4. The van der Waals surface area contributed by atoms with Crippen LogP contribution in [0.3, 0.4) is 0 Å². The summed E-state index contributed by atoms with van der Waals surface area (Å²) in [5.41, 5.74) is 3.10. The molecular formula is C22H37NS2Sn2+. The molecule has 0 aliphatic rings. The number of hydrogen-bond acceptors (Lipinski definition) is 2. The number of aryl methyl sites for hydroxylation is 1. The predicted octanol–water partition coefficient (Wildman–Crippen LogP) is 7.23. The van der Waals surface area contributed by atoms with E-state index in [9.17, 15) is 0 Å². The van der Waals surface area contributed by atoms with Gasteiger partial charge in [0.2, 0.25) is 0 Å². The molecule has 0 saturated carbocycles. The fourth-order valence-corrected chi connectivity index (χ4v) is 15.0. The van der Waals surface area contributed by atoms with Crippen LogP contribution >= 0.6 is 22.7 Å². The van der Waals surface area contributed by atoms with Crippen molar-refractivity contribution in [3.63, 3.8) is 0 Å². The van der Waals surface area contributed by atoms with Crippen molar-refractivity contribution in [2.45, 2.75) is 76.7 Å². The van der Waals surface area contributed by atoms with Crippen LogP contribution in [0.25, 0.3) is 20.4 Å². The third kappa shape index (κ3) is 5.43. The van der Waals surface area contributed by atoms with Gasteiger partial charge < -0.3 is 0 Å². The molecule has 3 aromatic rings. The molecule has 3 heterocycles. The zero-order chi connectivity index (χ0) is 18.9. The molecule has 0 aliphatic carbocycles. The van der Waals surface area contributed by atoms with Crippen molar-refractivity contribution < 1.29 is 0 Å². The summed E-state index contributed by atoms with van der Waals surface area (Å²) >= 11 is 0.985. The minimum atomic E-state index is -2.00. The monoisotopic (exact) mass is 619 g/mol. The zero-order valence-corrected chi connectivity index (χ0v) is 25.7. The maximum absolute atomic E-state index is 2.69.